The molecule has 2 rings (SSSR count). The predicted molar refractivity (Wildman–Crippen MR) is 74.7 cm³/mol. The maximum atomic E-state index is 6.10. The van der Waals surface area contributed by atoms with E-state index in [0.717, 1.165) is 0 Å². The van der Waals surface area contributed by atoms with Gasteiger partial charge in [-0.3, -0.25) is 0 Å². The molecule has 0 saturated heterocycles. The molecule has 0 N–H and O–H groups in total. The highest BCUT2D eigenvalue weighted by Gasteiger charge is 2.13. The zero-order valence-electron chi connectivity index (χ0n) is 8.15. The van der Waals surface area contributed by atoms with Gasteiger partial charge in [-0.05, 0) is 18.2 Å². The van der Waals surface area contributed by atoms with Gasteiger partial charge in [0.1, 0.15) is 5.15 Å². The second-order valence-corrected chi connectivity index (χ2v) is 5.26. The summed E-state index contributed by atoms with van der Waals surface area (Å²) in [6, 6.07) is 4.88. The molecule has 0 saturated carbocycles. The van der Waals surface area contributed by atoms with Gasteiger partial charge in [0.05, 0.1) is 15.1 Å². The van der Waals surface area contributed by atoms with Crippen LogP contribution in [0.4, 0.5) is 0 Å². The minimum atomic E-state index is 0.287. The summed E-state index contributed by atoms with van der Waals surface area (Å²) < 4.78 is 0. The second-order valence-electron chi connectivity index (χ2n) is 3.24. The smallest absolute Gasteiger partial charge is 0.136 e. The maximum Gasteiger partial charge on any atom is 0.136 e. The molecular formula is C11H4Cl5N. The summed E-state index contributed by atoms with van der Waals surface area (Å²) in [6.07, 6.45) is 1.45. The van der Waals surface area contributed by atoms with E-state index in [1.165, 1.54) is 6.20 Å². The highest BCUT2D eigenvalue weighted by molar-refractivity contribution is 6.45. The molecule has 1 nitrogen and oxygen atoms in total. The van der Waals surface area contributed by atoms with Crippen LogP contribution in [0.25, 0.3) is 11.1 Å². The van der Waals surface area contributed by atoms with E-state index in [9.17, 15) is 0 Å². The van der Waals surface area contributed by atoms with Gasteiger partial charge in [0.2, 0.25) is 0 Å². The Kier molecular flexibility index (Phi) is 4.06. The Morgan fingerprint density at radius 3 is 2.12 bits per heavy atom. The van der Waals surface area contributed by atoms with Crippen LogP contribution >= 0.6 is 58.0 Å². The predicted octanol–water partition coefficient (Wildman–Crippen LogP) is 6.02. The Balaban J connectivity index is 2.72. The minimum absolute atomic E-state index is 0.287. The number of rotatable bonds is 1. The third-order valence-corrected chi connectivity index (χ3v) is 3.62. The van der Waals surface area contributed by atoms with Crippen molar-refractivity contribution in [3.8, 4) is 11.1 Å². The fourth-order valence-corrected chi connectivity index (χ4v) is 2.43. The number of pyridine rings is 1. The van der Waals surface area contributed by atoms with Crippen molar-refractivity contribution >= 4 is 58.0 Å². The molecule has 88 valence electrons. The van der Waals surface area contributed by atoms with Crippen molar-refractivity contribution in [1.82, 2.24) is 4.98 Å². The van der Waals surface area contributed by atoms with Crippen LogP contribution in [0.5, 0.6) is 0 Å². The molecule has 17 heavy (non-hydrogen) atoms. The average Bonchev–Trinajstić information content (AvgIpc) is 2.27. The zero-order valence-corrected chi connectivity index (χ0v) is 11.9. The van der Waals surface area contributed by atoms with Gasteiger partial charge in [-0.2, -0.15) is 0 Å². The topological polar surface area (TPSA) is 12.9 Å². The van der Waals surface area contributed by atoms with Crippen LogP contribution in [0.2, 0.25) is 25.2 Å². The SMILES string of the molecule is Clc1cnc(Cl)c(-c2cc(Cl)cc(Cl)c2Cl)c1. The molecule has 0 amide bonds. The standard InChI is InChI=1S/C11H4Cl5N/c12-5-1-7(10(15)9(14)3-5)8-2-6(13)4-17-11(8)16/h1-4H. The first-order valence-corrected chi connectivity index (χ1v) is 6.34. The number of nitrogens with zero attached hydrogens (tertiary/aromatic N) is 1. The second kappa shape index (κ2) is 5.21. The van der Waals surface area contributed by atoms with Crippen molar-refractivity contribution in [2.75, 3.05) is 0 Å². The molecule has 0 aliphatic carbocycles. The molecule has 1 heterocycles. The first kappa shape index (κ1) is 13.3. The molecule has 1 aromatic heterocycles. The Hall–Kier alpha value is -0.180. The van der Waals surface area contributed by atoms with Gasteiger partial charge in [-0.1, -0.05) is 58.0 Å². The highest BCUT2D eigenvalue weighted by atomic mass is 35.5. The van der Waals surface area contributed by atoms with E-state index in [2.05, 4.69) is 4.98 Å². The number of hydrogen-bond acceptors (Lipinski definition) is 1. The minimum Gasteiger partial charge on any atom is -0.242 e. The molecule has 0 bridgehead atoms. The van der Waals surface area contributed by atoms with Gasteiger partial charge < -0.3 is 0 Å². The lowest BCUT2D eigenvalue weighted by atomic mass is 10.1. The van der Waals surface area contributed by atoms with Gasteiger partial charge in [-0.15, -0.1) is 0 Å². The summed E-state index contributed by atoms with van der Waals surface area (Å²) >= 11 is 29.8. The summed E-state index contributed by atoms with van der Waals surface area (Å²) in [6.45, 7) is 0. The van der Waals surface area contributed by atoms with Crippen molar-refractivity contribution in [2.45, 2.75) is 0 Å². The summed E-state index contributed by atoms with van der Waals surface area (Å²) in [5.41, 5.74) is 1.19. The Morgan fingerprint density at radius 1 is 0.765 bits per heavy atom. The van der Waals surface area contributed by atoms with E-state index >= 15 is 0 Å². The molecule has 0 atom stereocenters. The van der Waals surface area contributed by atoms with E-state index in [4.69, 9.17) is 58.0 Å². The van der Waals surface area contributed by atoms with E-state index in [-0.39, 0.29) is 5.15 Å². The van der Waals surface area contributed by atoms with E-state index in [1.54, 1.807) is 18.2 Å². The maximum absolute atomic E-state index is 6.10. The molecular weight excluding hydrogens is 323 g/mol. The highest BCUT2D eigenvalue weighted by Crippen LogP contribution is 2.39. The lowest BCUT2D eigenvalue weighted by Crippen LogP contribution is -1.86. The number of halogens is 5. The van der Waals surface area contributed by atoms with Gasteiger partial charge in [0, 0.05) is 22.3 Å². The number of benzene rings is 1. The average molecular weight is 327 g/mol. The third kappa shape index (κ3) is 2.81. The van der Waals surface area contributed by atoms with Crippen molar-refractivity contribution in [3.63, 3.8) is 0 Å². The van der Waals surface area contributed by atoms with Crippen LogP contribution in [-0.2, 0) is 0 Å². The van der Waals surface area contributed by atoms with E-state index in [0.29, 0.717) is 31.2 Å². The van der Waals surface area contributed by atoms with Crippen molar-refractivity contribution < 1.29 is 0 Å². The van der Waals surface area contributed by atoms with Gasteiger partial charge >= 0.3 is 0 Å². The molecule has 0 unspecified atom stereocenters. The molecule has 1 aromatic carbocycles. The van der Waals surface area contributed by atoms with Crippen LogP contribution in [0.3, 0.4) is 0 Å². The van der Waals surface area contributed by atoms with E-state index < -0.39 is 0 Å². The quantitative estimate of drug-likeness (QED) is 0.461. The fraction of sp³-hybridized carbons (Fsp3) is 0. The van der Waals surface area contributed by atoms with Crippen molar-refractivity contribution in [2.24, 2.45) is 0 Å². The third-order valence-electron chi connectivity index (χ3n) is 2.09. The number of hydrogen-bond donors (Lipinski definition) is 0. The molecule has 2 aromatic rings. The van der Waals surface area contributed by atoms with Crippen LogP contribution < -0.4 is 0 Å². The largest absolute Gasteiger partial charge is 0.242 e. The summed E-state index contributed by atoms with van der Waals surface area (Å²) in [5.74, 6) is 0. The molecule has 0 radical (unpaired) electrons. The summed E-state index contributed by atoms with van der Waals surface area (Å²) in [7, 11) is 0. The lowest BCUT2D eigenvalue weighted by Gasteiger charge is -2.08. The summed E-state index contributed by atoms with van der Waals surface area (Å²) in [4.78, 5) is 3.94. The van der Waals surface area contributed by atoms with Crippen LogP contribution in [0.1, 0.15) is 0 Å². The normalized spacial score (nSPS) is 10.6. The Morgan fingerprint density at radius 2 is 1.41 bits per heavy atom. The summed E-state index contributed by atoms with van der Waals surface area (Å²) in [5, 5.41) is 1.92. The molecule has 0 fully saturated rings. The van der Waals surface area contributed by atoms with Crippen LogP contribution in [0.15, 0.2) is 24.4 Å². The first-order valence-electron chi connectivity index (χ1n) is 4.45. The fourth-order valence-electron chi connectivity index (χ4n) is 1.36. The zero-order chi connectivity index (χ0) is 12.6. The molecule has 6 heteroatoms. The van der Waals surface area contributed by atoms with Crippen LogP contribution in [0, 0.1) is 0 Å². The first-order chi connectivity index (χ1) is 7.99. The van der Waals surface area contributed by atoms with Crippen molar-refractivity contribution in [1.29, 1.82) is 0 Å². The van der Waals surface area contributed by atoms with Gasteiger partial charge in [0.15, 0.2) is 0 Å². The van der Waals surface area contributed by atoms with Crippen LogP contribution in [-0.4, -0.2) is 4.98 Å². The molecule has 0 aliphatic heterocycles. The molecule has 0 aliphatic rings. The van der Waals surface area contributed by atoms with E-state index in [1.807, 2.05) is 0 Å². The Bertz CT molecular complexity index is 582. The molecule has 0 spiro atoms. The lowest BCUT2D eigenvalue weighted by molar-refractivity contribution is 1.33. The monoisotopic (exact) mass is 325 g/mol. The van der Waals surface area contributed by atoms with Crippen molar-refractivity contribution in [3.05, 3.63) is 49.6 Å². The number of aromatic nitrogens is 1. The van der Waals surface area contributed by atoms with Gasteiger partial charge in [0.25, 0.3) is 0 Å². The van der Waals surface area contributed by atoms with Gasteiger partial charge in [-0.25, -0.2) is 4.98 Å². The Labute approximate surface area is 123 Å².